The third-order valence-corrected chi connectivity index (χ3v) is 3.08. The van der Waals surface area contributed by atoms with Crippen LogP contribution in [0, 0.1) is 6.92 Å². The SMILES string of the molecule is COc1ccc(C/C(N)=N/OC(=O)c2ccc(C)cc2)cc1. The summed E-state index contributed by atoms with van der Waals surface area (Å²) in [4.78, 5) is 16.6. The molecule has 22 heavy (non-hydrogen) atoms. The fourth-order valence-electron chi connectivity index (χ4n) is 1.83. The molecular formula is C17H18N2O3. The molecule has 0 aliphatic rings. The number of aryl methyl sites for hydroxylation is 1. The van der Waals surface area contributed by atoms with Gasteiger partial charge in [0.2, 0.25) is 0 Å². The molecule has 0 atom stereocenters. The highest BCUT2D eigenvalue weighted by Crippen LogP contribution is 2.11. The predicted octanol–water partition coefficient (Wildman–Crippen LogP) is 2.68. The van der Waals surface area contributed by atoms with Gasteiger partial charge in [0.1, 0.15) is 11.6 Å². The molecule has 0 bridgehead atoms. The zero-order chi connectivity index (χ0) is 15.9. The molecule has 0 unspecified atom stereocenters. The van der Waals surface area contributed by atoms with Gasteiger partial charge >= 0.3 is 5.97 Å². The van der Waals surface area contributed by atoms with Crippen LogP contribution in [0.5, 0.6) is 5.75 Å². The number of oxime groups is 1. The van der Waals surface area contributed by atoms with Gasteiger partial charge in [-0.1, -0.05) is 35.0 Å². The summed E-state index contributed by atoms with van der Waals surface area (Å²) < 4.78 is 5.08. The summed E-state index contributed by atoms with van der Waals surface area (Å²) in [5, 5.41) is 3.67. The van der Waals surface area contributed by atoms with Crippen LogP contribution in [-0.2, 0) is 11.3 Å². The van der Waals surface area contributed by atoms with Crippen molar-refractivity contribution in [1.29, 1.82) is 0 Å². The highest BCUT2D eigenvalue weighted by atomic mass is 16.7. The molecule has 5 heteroatoms. The van der Waals surface area contributed by atoms with Gasteiger partial charge < -0.3 is 15.3 Å². The number of rotatable bonds is 5. The molecule has 0 amide bonds. The number of methoxy groups -OCH3 is 1. The fourth-order valence-corrected chi connectivity index (χ4v) is 1.83. The Morgan fingerprint density at radius 2 is 1.73 bits per heavy atom. The summed E-state index contributed by atoms with van der Waals surface area (Å²) in [6, 6.07) is 14.5. The number of hydrogen-bond donors (Lipinski definition) is 1. The Kier molecular flexibility index (Phi) is 5.14. The largest absolute Gasteiger partial charge is 0.497 e. The van der Waals surface area contributed by atoms with E-state index < -0.39 is 5.97 Å². The molecule has 0 aromatic heterocycles. The highest BCUT2D eigenvalue weighted by molar-refractivity contribution is 5.90. The van der Waals surface area contributed by atoms with E-state index in [-0.39, 0.29) is 5.84 Å². The number of nitrogens with two attached hydrogens (primary N) is 1. The quantitative estimate of drug-likeness (QED) is 0.398. The summed E-state index contributed by atoms with van der Waals surface area (Å²) in [6.45, 7) is 1.94. The van der Waals surface area contributed by atoms with Crippen LogP contribution in [-0.4, -0.2) is 18.9 Å². The van der Waals surface area contributed by atoms with Gasteiger partial charge in [-0.05, 0) is 36.8 Å². The molecule has 0 saturated carbocycles. The zero-order valence-corrected chi connectivity index (χ0v) is 12.6. The second-order valence-corrected chi connectivity index (χ2v) is 4.85. The van der Waals surface area contributed by atoms with Gasteiger partial charge in [-0.15, -0.1) is 0 Å². The van der Waals surface area contributed by atoms with Crippen LogP contribution < -0.4 is 10.5 Å². The van der Waals surface area contributed by atoms with Gasteiger partial charge in [0.25, 0.3) is 0 Å². The Morgan fingerprint density at radius 3 is 2.32 bits per heavy atom. The van der Waals surface area contributed by atoms with E-state index in [0.717, 1.165) is 16.9 Å². The molecule has 0 aliphatic heterocycles. The number of carbonyl (C=O) groups is 1. The average molecular weight is 298 g/mol. The third kappa shape index (κ3) is 4.34. The van der Waals surface area contributed by atoms with E-state index in [1.165, 1.54) is 0 Å². The summed E-state index contributed by atoms with van der Waals surface area (Å²) in [5.74, 6) is 0.466. The van der Waals surface area contributed by atoms with E-state index in [2.05, 4.69) is 5.16 Å². The molecule has 114 valence electrons. The van der Waals surface area contributed by atoms with Crippen LogP contribution in [0.25, 0.3) is 0 Å². The lowest BCUT2D eigenvalue weighted by Gasteiger charge is -2.03. The third-order valence-electron chi connectivity index (χ3n) is 3.08. The molecule has 2 N–H and O–H groups in total. The minimum absolute atomic E-state index is 0.227. The summed E-state index contributed by atoms with van der Waals surface area (Å²) in [5.41, 5.74) is 8.23. The molecule has 2 rings (SSSR count). The van der Waals surface area contributed by atoms with Crippen molar-refractivity contribution in [3.63, 3.8) is 0 Å². The minimum Gasteiger partial charge on any atom is -0.497 e. The Balaban J connectivity index is 1.94. The lowest BCUT2D eigenvalue weighted by molar-refractivity contribution is 0.0515. The first-order valence-corrected chi connectivity index (χ1v) is 6.82. The topological polar surface area (TPSA) is 73.9 Å². The fraction of sp³-hybridized carbons (Fsp3) is 0.176. The smallest absolute Gasteiger partial charge is 0.365 e. The Bertz CT molecular complexity index is 661. The van der Waals surface area contributed by atoms with Gasteiger partial charge in [0.05, 0.1) is 12.7 Å². The Hall–Kier alpha value is -2.82. The van der Waals surface area contributed by atoms with E-state index in [0.29, 0.717) is 12.0 Å². The van der Waals surface area contributed by atoms with Crippen LogP contribution in [0.2, 0.25) is 0 Å². The van der Waals surface area contributed by atoms with Crippen molar-refractivity contribution < 1.29 is 14.4 Å². The second-order valence-electron chi connectivity index (χ2n) is 4.85. The number of ether oxygens (including phenoxy) is 1. The zero-order valence-electron chi connectivity index (χ0n) is 12.6. The lowest BCUT2D eigenvalue weighted by atomic mass is 10.1. The predicted molar refractivity (Wildman–Crippen MR) is 84.9 cm³/mol. The van der Waals surface area contributed by atoms with Crippen LogP contribution in [0.3, 0.4) is 0 Å². The van der Waals surface area contributed by atoms with Crippen molar-refractivity contribution in [3.8, 4) is 5.75 Å². The Labute approximate surface area is 129 Å². The molecule has 5 nitrogen and oxygen atoms in total. The summed E-state index contributed by atoms with van der Waals surface area (Å²) >= 11 is 0. The molecule has 2 aromatic rings. The van der Waals surface area contributed by atoms with Crippen LogP contribution in [0.15, 0.2) is 53.7 Å². The number of hydrogen-bond acceptors (Lipinski definition) is 4. The van der Waals surface area contributed by atoms with E-state index in [1.807, 2.05) is 43.3 Å². The highest BCUT2D eigenvalue weighted by Gasteiger charge is 2.07. The number of amidine groups is 1. The van der Waals surface area contributed by atoms with Crippen molar-refractivity contribution >= 4 is 11.8 Å². The van der Waals surface area contributed by atoms with Crippen molar-refractivity contribution in [2.75, 3.05) is 7.11 Å². The van der Waals surface area contributed by atoms with Gasteiger partial charge in [0, 0.05) is 6.42 Å². The molecule has 0 heterocycles. The summed E-state index contributed by atoms with van der Waals surface area (Å²) in [7, 11) is 1.61. The molecule has 0 spiro atoms. The number of benzene rings is 2. The molecule has 0 aliphatic carbocycles. The van der Waals surface area contributed by atoms with E-state index in [1.54, 1.807) is 19.2 Å². The first-order chi connectivity index (χ1) is 10.6. The maximum Gasteiger partial charge on any atom is 0.365 e. The number of carbonyl (C=O) groups excluding carboxylic acids is 1. The van der Waals surface area contributed by atoms with Crippen molar-refractivity contribution in [1.82, 2.24) is 0 Å². The maximum absolute atomic E-state index is 11.8. The summed E-state index contributed by atoms with van der Waals surface area (Å²) in [6.07, 6.45) is 0.394. The minimum atomic E-state index is -0.530. The van der Waals surface area contributed by atoms with Crippen LogP contribution in [0.1, 0.15) is 21.5 Å². The van der Waals surface area contributed by atoms with E-state index in [4.69, 9.17) is 15.3 Å². The lowest BCUT2D eigenvalue weighted by Crippen LogP contribution is -2.16. The molecule has 0 radical (unpaired) electrons. The molecule has 0 saturated heterocycles. The van der Waals surface area contributed by atoms with Crippen LogP contribution in [0.4, 0.5) is 0 Å². The second kappa shape index (κ2) is 7.26. The number of nitrogens with zero attached hydrogens (tertiary/aromatic N) is 1. The van der Waals surface area contributed by atoms with Crippen molar-refractivity contribution in [2.24, 2.45) is 10.9 Å². The molecular weight excluding hydrogens is 280 g/mol. The molecule has 0 fully saturated rings. The normalized spacial score (nSPS) is 11.1. The van der Waals surface area contributed by atoms with E-state index in [9.17, 15) is 4.79 Å². The van der Waals surface area contributed by atoms with Gasteiger partial charge in [-0.3, -0.25) is 0 Å². The van der Waals surface area contributed by atoms with Gasteiger partial charge in [-0.2, -0.15) is 0 Å². The van der Waals surface area contributed by atoms with Crippen molar-refractivity contribution in [2.45, 2.75) is 13.3 Å². The standard InChI is InChI=1S/C17H18N2O3/c1-12-3-7-14(8-4-12)17(20)22-19-16(18)11-13-5-9-15(21-2)10-6-13/h3-10H,11H2,1-2H3,(H2,18,19). The van der Waals surface area contributed by atoms with E-state index >= 15 is 0 Å². The van der Waals surface area contributed by atoms with Crippen molar-refractivity contribution in [3.05, 3.63) is 65.2 Å². The van der Waals surface area contributed by atoms with Crippen LogP contribution >= 0.6 is 0 Å². The average Bonchev–Trinajstić information content (AvgIpc) is 2.54. The first-order valence-electron chi connectivity index (χ1n) is 6.82. The van der Waals surface area contributed by atoms with Gasteiger partial charge in [-0.25, -0.2) is 4.79 Å². The van der Waals surface area contributed by atoms with Gasteiger partial charge in [0.15, 0.2) is 0 Å². The molecule has 2 aromatic carbocycles. The maximum atomic E-state index is 11.8. The monoisotopic (exact) mass is 298 g/mol. The first kappa shape index (κ1) is 15.6. The Morgan fingerprint density at radius 1 is 1.09 bits per heavy atom.